The highest BCUT2D eigenvalue weighted by molar-refractivity contribution is 5.47. The summed E-state index contributed by atoms with van der Waals surface area (Å²) >= 11 is 0. The fraction of sp³-hybridized carbons (Fsp3) is 0.750. The largest absolute Gasteiger partial charge is 0.381 e. The predicted molar refractivity (Wildman–Crippen MR) is 86.8 cm³/mol. The molecule has 1 aliphatic rings. The molecule has 0 unspecified atom stereocenters. The summed E-state index contributed by atoms with van der Waals surface area (Å²) in [6.45, 7) is 7.82. The molecule has 1 aliphatic carbocycles. The Morgan fingerprint density at radius 3 is 2.48 bits per heavy atom. The van der Waals surface area contributed by atoms with Crippen LogP contribution < -0.4 is 10.6 Å². The third-order valence-corrected chi connectivity index (χ3v) is 3.47. The van der Waals surface area contributed by atoms with Gasteiger partial charge in [0.1, 0.15) is 17.5 Å². The third kappa shape index (κ3) is 6.29. The fourth-order valence-electron chi connectivity index (χ4n) is 2.01. The van der Waals surface area contributed by atoms with Gasteiger partial charge >= 0.3 is 0 Å². The first-order valence-electron chi connectivity index (χ1n) is 8.25. The lowest BCUT2D eigenvalue weighted by atomic mass is 10.4. The number of nitrogens with one attached hydrogen (secondary N) is 2. The molecule has 2 rings (SSSR count). The molecule has 5 heteroatoms. The van der Waals surface area contributed by atoms with Crippen LogP contribution in [0.25, 0.3) is 0 Å². The van der Waals surface area contributed by atoms with E-state index < -0.39 is 0 Å². The zero-order valence-corrected chi connectivity index (χ0v) is 13.3. The van der Waals surface area contributed by atoms with Gasteiger partial charge in [-0.3, -0.25) is 0 Å². The molecule has 0 aliphatic heterocycles. The molecule has 0 atom stereocenters. The number of anilines is 2. The zero-order chi connectivity index (χ0) is 14.9. The van der Waals surface area contributed by atoms with E-state index in [0.29, 0.717) is 0 Å². The average Bonchev–Trinajstić information content (AvgIpc) is 3.32. The number of nitrogens with zero attached hydrogens (tertiary/aromatic N) is 2. The maximum atomic E-state index is 5.63. The number of rotatable bonds is 11. The normalized spacial score (nSPS) is 14.2. The van der Waals surface area contributed by atoms with E-state index in [1.165, 1.54) is 12.8 Å². The van der Waals surface area contributed by atoms with Gasteiger partial charge in [-0.05, 0) is 31.6 Å². The van der Waals surface area contributed by atoms with Crippen molar-refractivity contribution in [2.75, 3.05) is 36.9 Å². The van der Waals surface area contributed by atoms with Crippen molar-refractivity contribution in [2.24, 2.45) is 5.92 Å². The van der Waals surface area contributed by atoms with Gasteiger partial charge in [0.05, 0.1) is 0 Å². The zero-order valence-electron chi connectivity index (χ0n) is 13.3. The van der Waals surface area contributed by atoms with Crippen molar-refractivity contribution in [2.45, 2.75) is 46.0 Å². The summed E-state index contributed by atoms with van der Waals surface area (Å²) in [6.07, 6.45) is 5.66. The lowest BCUT2D eigenvalue weighted by Gasteiger charge is -2.10. The Bertz CT molecular complexity index is 421. The number of hydrogen-bond donors (Lipinski definition) is 2. The van der Waals surface area contributed by atoms with E-state index in [2.05, 4.69) is 34.4 Å². The summed E-state index contributed by atoms with van der Waals surface area (Å²) in [5, 5.41) is 6.69. The first-order chi connectivity index (χ1) is 10.3. The molecule has 21 heavy (non-hydrogen) atoms. The Morgan fingerprint density at radius 1 is 1.14 bits per heavy atom. The molecule has 1 fully saturated rings. The average molecular weight is 292 g/mol. The third-order valence-electron chi connectivity index (χ3n) is 3.47. The minimum absolute atomic E-state index is 0.830. The van der Waals surface area contributed by atoms with Crippen LogP contribution in [0.4, 0.5) is 11.6 Å². The standard InChI is InChI=1S/C16H28N4O/c1-3-8-17-15-11-16(20-14(4-2)19-15)18-9-5-10-21-12-13-6-7-13/h11,13H,3-10,12H2,1-2H3,(H2,17,18,19,20). The van der Waals surface area contributed by atoms with Crippen molar-refractivity contribution < 1.29 is 4.74 Å². The smallest absolute Gasteiger partial charge is 0.132 e. The molecule has 1 aromatic rings. The van der Waals surface area contributed by atoms with Gasteiger partial charge in [0, 0.05) is 38.8 Å². The minimum Gasteiger partial charge on any atom is -0.381 e. The van der Waals surface area contributed by atoms with Crippen LogP contribution in [0.3, 0.4) is 0 Å². The van der Waals surface area contributed by atoms with E-state index >= 15 is 0 Å². The molecule has 1 heterocycles. The quantitative estimate of drug-likeness (QED) is 0.614. The van der Waals surface area contributed by atoms with E-state index in [9.17, 15) is 0 Å². The molecule has 5 nitrogen and oxygen atoms in total. The van der Waals surface area contributed by atoms with E-state index in [-0.39, 0.29) is 0 Å². The summed E-state index contributed by atoms with van der Waals surface area (Å²) in [7, 11) is 0. The van der Waals surface area contributed by atoms with E-state index in [4.69, 9.17) is 4.74 Å². The van der Waals surface area contributed by atoms with Gasteiger partial charge < -0.3 is 15.4 Å². The molecule has 0 bridgehead atoms. The van der Waals surface area contributed by atoms with Crippen molar-refractivity contribution >= 4 is 11.6 Å². The second kappa shape index (κ2) is 8.82. The number of aromatic nitrogens is 2. The maximum Gasteiger partial charge on any atom is 0.132 e. The van der Waals surface area contributed by atoms with Crippen LogP contribution in [-0.2, 0) is 11.2 Å². The molecule has 0 amide bonds. The summed E-state index contributed by atoms with van der Waals surface area (Å²) in [4.78, 5) is 9.00. The molecule has 0 saturated heterocycles. The summed E-state index contributed by atoms with van der Waals surface area (Å²) < 4.78 is 5.63. The predicted octanol–water partition coefficient (Wildman–Crippen LogP) is 3.09. The molecular weight excluding hydrogens is 264 g/mol. The topological polar surface area (TPSA) is 59.1 Å². The van der Waals surface area contributed by atoms with Crippen LogP contribution in [0.2, 0.25) is 0 Å². The van der Waals surface area contributed by atoms with E-state index in [1.54, 1.807) is 0 Å². The van der Waals surface area contributed by atoms with Gasteiger partial charge in [-0.2, -0.15) is 0 Å². The van der Waals surface area contributed by atoms with E-state index in [0.717, 1.165) is 68.9 Å². The van der Waals surface area contributed by atoms with Crippen molar-refractivity contribution in [3.8, 4) is 0 Å². The van der Waals surface area contributed by atoms with Gasteiger partial charge in [0.15, 0.2) is 0 Å². The Labute approximate surface area is 127 Å². The second-order valence-electron chi connectivity index (χ2n) is 5.63. The molecule has 1 saturated carbocycles. The Kier molecular flexibility index (Phi) is 6.73. The second-order valence-corrected chi connectivity index (χ2v) is 5.63. The van der Waals surface area contributed by atoms with Crippen LogP contribution in [0.1, 0.15) is 45.4 Å². The minimum atomic E-state index is 0.830. The lowest BCUT2D eigenvalue weighted by Crippen LogP contribution is -2.11. The van der Waals surface area contributed by atoms with Crippen LogP contribution in [0.5, 0.6) is 0 Å². The van der Waals surface area contributed by atoms with Gasteiger partial charge in [0.2, 0.25) is 0 Å². The Hall–Kier alpha value is -1.36. The maximum absolute atomic E-state index is 5.63. The van der Waals surface area contributed by atoms with Gasteiger partial charge in [0.25, 0.3) is 0 Å². The van der Waals surface area contributed by atoms with Gasteiger partial charge in [-0.15, -0.1) is 0 Å². The summed E-state index contributed by atoms with van der Waals surface area (Å²) in [5.41, 5.74) is 0. The van der Waals surface area contributed by atoms with E-state index in [1.807, 2.05) is 6.07 Å². The SMILES string of the molecule is CCCNc1cc(NCCCOCC2CC2)nc(CC)n1. The van der Waals surface area contributed by atoms with Crippen LogP contribution in [0, 0.1) is 5.92 Å². The highest BCUT2D eigenvalue weighted by Crippen LogP contribution is 2.28. The molecular formula is C16H28N4O. The van der Waals surface area contributed by atoms with Crippen LogP contribution in [-0.4, -0.2) is 36.3 Å². The first kappa shape index (κ1) is 16.0. The van der Waals surface area contributed by atoms with Crippen molar-refractivity contribution in [1.82, 2.24) is 9.97 Å². The monoisotopic (exact) mass is 292 g/mol. The summed E-state index contributed by atoms with van der Waals surface area (Å²) in [6, 6.07) is 1.99. The highest BCUT2D eigenvalue weighted by atomic mass is 16.5. The Balaban J connectivity index is 1.71. The molecule has 0 aromatic carbocycles. The Morgan fingerprint density at radius 2 is 1.86 bits per heavy atom. The van der Waals surface area contributed by atoms with Gasteiger partial charge in [-0.1, -0.05) is 13.8 Å². The molecule has 118 valence electrons. The fourth-order valence-corrected chi connectivity index (χ4v) is 2.01. The number of aryl methyl sites for hydroxylation is 1. The molecule has 1 aromatic heterocycles. The first-order valence-corrected chi connectivity index (χ1v) is 8.25. The van der Waals surface area contributed by atoms with Crippen LogP contribution in [0.15, 0.2) is 6.07 Å². The lowest BCUT2D eigenvalue weighted by molar-refractivity contribution is 0.124. The number of hydrogen-bond acceptors (Lipinski definition) is 5. The van der Waals surface area contributed by atoms with Crippen molar-refractivity contribution in [3.63, 3.8) is 0 Å². The molecule has 0 spiro atoms. The molecule has 0 radical (unpaired) electrons. The molecule has 2 N–H and O–H groups in total. The van der Waals surface area contributed by atoms with Crippen molar-refractivity contribution in [1.29, 1.82) is 0 Å². The highest BCUT2D eigenvalue weighted by Gasteiger charge is 2.20. The van der Waals surface area contributed by atoms with Crippen LogP contribution >= 0.6 is 0 Å². The van der Waals surface area contributed by atoms with Gasteiger partial charge in [-0.25, -0.2) is 9.97 Å². The summed E-state index contributed by atoms with van der Waals surface area (Å²) in [5.74, 6) is 3.54. The number of ether oxygens (including phenoxy) is 1. The van der Waals surface area contributed by atoms with Crippen molar-refractivity contribution in [3.05, 3.63) is 11.9 Å².